The Morgan fingerprint density at radius 3 is 2.39 bits per heavy atom. The first-order valence-corrected chi connectivity index (χ1v) is 18.7. The van der Waals surface area contributed by atoms with Gasteiger partial charge in [0.1, 0.15) is 29.3 Å². The molecule has 1 aliphatic heterocycles. The van der Waals surface area contributed by atoms with E-state index in [0.29, 0.717) is 11.4 Å². The topological polar surface area (TPSA) is 195 Å². The van der Waals surface area contributed by atoms with Crippen LogP contribution in [-0.2, 0) is 36.9 Å². The molecule has 4 N–H and O–H groups in total. The van der Waals surface area contributed by atoms with Crippen LogP contribution in [0.5, 0.6) is 0 Å². The second-order valence-corrected chi connectivity index (χ2v) is 15.0. The van der Waals surface area contributed by atoms with Crippen LogP contribution in [0, 0.1) is 12.8 Å². The van der Waals surface area contributed by atoms with Crippen LogP contribution >= 0.6 is 11.3 Å². The van der Waals surface area contributed by atoms with E-state index in [2.05, 4.69) is 31.0 Å². The fraction of sp³-hybridized carbons (Fsp3) is 0.459. The lowest BCUT2D eigenvalue weighted by molar-refractivity contribution is -0.139. The molecular weight excluding hydrogens is 713 g/mol. The molecule has 4 aromatic rings. The number of benzene rings is 1. The van der Waals surface area contributed by atoms with E-state index >= 15 is 0 Å². The number of nitrogens with one attached hydrogen (secondary N) is 4. The molecule has 1 aromatic carbocycles. The molecule has 2 bridgehead atoms. The standard InChI is InChI=1S/C37H48N10O6S/c1-22(2)15-28-35-42-30(21-54-35)34(51)41-29(16-25-17-38-27-10-8-7-9-26(25)27)37(53)45(6)18-31(48)39-24(4)36(52)44(5)13-14-46(19-32(49)40-28)33(50)20-47-12-11-23(3)43-47/h7-12,17,21-22,24,28-29,38H,13-16,18-20H2,1-6H3,(H,39,48)(H,40,49)(H,41,51)/t24-,28-,29+/m0/s1. The molecule has 3 atom stereocenters. The van der Waals surface area contributed by atoms with Gasteiger partial charge in [-0.05, 0) is 43.9 Å². The van der Waals surface area contributed by atoms with Gasteiger partial charge < -0.3 is 35.6 Å². The van der Waals surface area contributed by atoms with Crippen molar-refractivity contribution >= 4 is 57.7 Å². The van der Waals surface area contributed by atoms with Crippen molar-refractivity contribution in [3.63, 3.8) is 0 Å². The molecule has 288 valence electrons. The molecule has 54 heavy (non-hydrogen) atoms. The van der Waals surface area contributed by atoms with Crippen molar-refractivity contribution in [2.75, 3.05) is 40.3 Å². The fourth-order valence-corrected chi connectivity index (χ4v) is 7.17. The number of aromatic amines is 1. The van der Waals surface area contributed by atoms with Gasteiger partial charge in [-0.25, -0.2) is 4.98 Å². The van der Waals surface area contributed by atoms with Gasteiger partial charge in [-0.15, -0.1) is 11.3 Å². The third-order valence-corrected chi connectivity index (χ3v) is 10.1. The summed E-state index contributed by atoms with van der Waals surface area (Å²) in [4.78, 5) is 93.1. The maximum absolute atomic E-state index is 13.9. The third kappa shape index (κ3) is 10.1. The minimum absolute atomic E-state index is 0.0287. The zero-order valence-corrected chi connectivity index (χ0v) is 32.2. The molecule has 4 heterocycles. The molecule has 0 unspecified atom stereocenters. The zero-order valence-electron chi connectivity index (χ0n) is 31.4. The van der Waals surface area contributed by atoms with E-state index in [4.69, 9.17) is 0 Å². The molecule has 0 saturated heterocycles. The number of thiazole rings is 1. The Morgan fingerprint density at radius 1 is 0.926 bits per heavy atom. The Kier molecular flexibility index (Phi) is 12.8. The number of carbonyl (C=O) groups is 6. The zero-order chi connectivity index (χ0) is 39.1. The maximum Gasteiger partial charge on any atom is 0.271 e. The number of hydrogen-bond donors (Lipinski definition) is 4. The molecule has 17 heteroatoms. The van der Waals surface area contributed by atoms with Gasteiger partial charge in [0, 0.05) is 62.3 Å². The van der Waals surface area contributed by atoms with Crippen molar-refractivity contribution < 1.29 is 28.8 Å². The highest BCUT2D eigenvalue weighted by molar-refractivity contribution is 7.09. The summed E-state index contributed by atoms with van der Waals surface area (Å²) in [6.07, 6.45) is 4.09. The minimum Gasteiger partial charge on any atom is -0.361 e. The van der Waals surface area contributed by atoms with E-state index < -0.39 is 47.7 Å². The number of hydrogen-bond acceptors (Lipinski definition) is 9. The van der Waals surface area contributed by atoms with Crippen molar-refractivity contribution in [3.05, 3.63) is 70.1 Å². The van der Waals surface area contributed by atoms with Gasteiger partial charge in [0.15, 0.2) is 0 Å². The summed E-state index contributed by atoms with van der Waals surface area (Å²) < 4.78 is 1.48. The highest BCUT2D eigenvalue weighted by atomic mass is 32.1. The Balaban J connectivity index is 1.45. The molecule has 16 nitrogen and oxygen atoms in total. The van der Waals surface area contributed by atoms with Gasteiger partial charge in [-0.2, -0.15) is 5.10 Å². The quantitative estimate of drug-likeness (QED) is 0.228. The number of nitrogens with zero attached hydrogens (tertiary/aromatic N) is 6. The maximum atomic E-state index is 13.9. The number of fused-ring (bicyclic) bond motifs is 3. The number of H-pyrrole nitrogens is 1. The van der Waals surface area contributed by atoms with Crippen LogP contribution in [-0.4, -0.2) is 122 Å². The largest absolute Gasteiger partial charge is 0.361 e. The van der Waals surface area contributed by atoms with Crippen LogP contribution in [0.15, 0.2) is 48.1 Å². The van der Waals surface area contributed by atoms with E-state index in [1.807, 2.05) is 38.1 Å². The first kappa shape index (κ1) is 39.6. The number of carbonyl (C=O) groups excluding carboxylic acids is 6. The Bertz CT molecular complexity index is 2000. The SMILES string of the molecule is Cc1ccn(CC(=O)N2CCN(C)C(=O)[C@H](C)NC(=O)CN(C)C(=O)[C@@H](Cc3c[nH]c4ccccc34)NC(=O)c3csc(n3)[C@H](CC(C)C)NC(=O)C2)n1. The first-order chi connectivity index (χ1) is 25.7. The van der Waals surface area contributed by atoms with E-state index in [9.17, 15) is 28.8 Å². The van der Waals surface area contributed by atoms with Crippen molar-refractivity contribution in [2.45, 2.75) is 65.2 Å². The van der Waals surface area contributed by atoms with E-state index in [-0.39, 0.29) is 56.7 Å². The highest BCUT2D eigenvalue weighted by Crippen LogP contribution is 2.25. The number of para-hydroxylation sites is 1. The van der Waals surface area contributed by atoms with Gasteiger partial charge >= 0.3 is 0 Å². The molecule has 3 aromatic heterocycles. The van der Waals surface area contributed by atoms with E-state index in [1.54, 1.807) is 37.8 Å². The lowest BCUT2D eigenvalue weighted by Gasteiger charge is -2.28. The van der Waals surface area contributed by atoms with Crippen LogP contribution in [0.4, 0.5) is 0 Å². The lowest BCUT2D eigenvalue weighted by atomic mass is 10.0. The van der Waals surface area contributed by atoms with Crippen molar-refractivity contribution in [1.29, 1.82) is 0 Å². The van der Waals surface area contributed by atoms with Gasteiger partial charge in [-0.1, -0.05) is 32.0 Å². The molecule has 0 saturated carbocycles. The molecule has 0 fully saturated rings. The lowest BCUT2D eigenvalue weighted by Crippen LogP contribution is -2.53. The highest BCUT2D eigenvalue weighted by Gasteiger charge is 2.30. The number of rotatable bonds is 6. The summed E-state index contributed by atoms with van der Waals surface area (Å²) in [5.74, 6) is -2.80. The second kappa shape index (κ2) is 17.5. The van der Waals surface area contributed by atoms with Gasteiger partial charge in [0.05, 0.1) is 24.8 Å². The van der Waals surface area contributed by atoms with Crippen LogP contribution in [0.25, 0.3) is 10.9 Å². The Labute approximate surface area is 317 Å². The Morgan fingerprint density at radius 2 is 1.67 bits per heavy atom. The van der Waals surface area contributed by atoms with E-state index in [1.165, 1.54) is 44.7 Å². The smallest absolute Gasteiger partial charge is 0.271 e. The normalized spacial score (nSPS) is 20.2. The van der Waals surface area contributed by atoms with Crippen LogP contribution in [0.2, 0.25) is 0 Å². The summed E-state index contributed by atoms with van der Waals surface area (Å²) >= 11 is 1.21. The number of aromatic nitrogens is 4. The number of aryl methyl sites for hydroxylation is 1. The monoisotopic (exact) mass is 760 g/mol. The second-order valence-electron chi connectivity index (χ2n) is 14.1. The number of likely N-dealkylation sites (N-methyl/N-ethyl adjacent to an activating group) is 2. The molecule has 6 amide bonds. The van der Waals surface area contributed by atoms with Crippen molar-refractivity contribution in [1.82, 2.24) is 50.4 Å². The van der Waals surface area contributed by atoms with Crippen LogP contribution < -0.4 is 16.0 Å². The van der Waals surface area contributed by atoms with Gasteiger partial charge in [-0.3, -0.25) is 33.4 Å². The summed E-state index contributed by atoms with van der Waals surface area (Å²) in [6, 6.07) is 6.77. The minimum atomic E-state index is -1.07. The molecule has 0 radical (unpaired) electrons. The average molecular weight is 761 g/mol. The van der Waals surface area contributed by atoms with Crippen LogP contribution in [0.1, 0.15) is 60.0 Å². The van der Waals surface area contributed by atoms with Crippen molar-refractivity contribution in [3.8, 4) is 0 Å². The molecule has 5 rings (SSSR count). The Hall–Kier alpha value is -5.58. The first-order valence-electron chi connectivity index (χ1n) is 17.9. The van der Waals surface area contributed by atoms with Gasteiger partial charge in [0.25, 0.3) is 5.91 Å². The molecule has 1 aliphatic rings. The summed E-state index contributed by atoms with van der Waals surface area (Å²) in [5.41, 5.74) is 2.47. The van der Waals surface area contributed by atoms with Crippen molar-refractivity contribution in [2.24, 2.45) is 5.92 Å². The predicted molar refractivity (Wildman–Crippen MR) is 202 cm³/mol. The summed E-state index contributed by atoms with van der Waals surface area (Å²) in [5, 5.41) is 15.7. The number of amides is 6. The summed E-state index contributed by atoms with van der Waals surface area (Å²) in [6.45, 7) is 6.65. The average Bonchev–Trinajstić information content (AvgIpc) is 3.88. The van der Waals surface area contributed by atoms with E-state index in [0.717, 1.165) is 22.2 Å². The molecule has 0 spiro atoms. The van der Waals surface area contributed by atoms with Gasteiger partial charge in [0.2, 0.25) is 29.5 Å². The molecular formula is C37H48N10O6S. The fourth-order valence-electron chi connectivity index (χ4n) is 6.31. The summed E-state index contributed by atoms with van der Waals surface area (Å²) in [7, 11) is 3.01. The third-order valence-electron chi connectivity index (χ3n) is 9.14. The molecule has 0 aliphatic carbocycles. The predicted octanol–water partition coefficient (Wildman–Crippen LogP) is 1.64. The van der Waals surface area contributed by atoms with Crippen LogP contribution in [0.3, 0.4) is 0 Å².